The number of pyridine rings is 1. The lowest BCUT2D eigenvalue weighted by Gasteiger charge is -2.36. The number of nitrogens with two attached hydrogens (primary N) is 1. The molecule has 0 aliphatic carbocycles. The second kappa shape index (κ2) is 7.68. The van der Waals surface area contributed by atoms with Gasteiger partial charge in [0.15, 0.2) is 6.10 Å². The van der Waals surface area contributed by atoms with Gasteiger partial charge >= 0.3 is 6.18 Å². The molecule has 0 radical (unpaired) electrons. The van der Waals surface area contributed by atoms with Crippen LogP contribution in [0.3, 0.4) is 0 Å². The number of nitriles is 1. The molecule has 1 aliphatic rings. The molecule has 2 aromatic rings. The Morgan fingerprint density at radius 1 is 1.27 bits per heavy atom. The minimum Gasteiger partial charge on any atom is -0.452 e. The average molecular weight is 416 g/mol. The topological polar surface area (TPSA) is 84.3 Å². The molecular weight excluding hydrogens is 400 g/mol. The Hall–Kier alpha value is -3.59. The molecule has 0 amide bonds. The average Bonchev–Trinajstić information content (AvgIpc) is 2.66. The Bertz CT molecular complexity index is 1110. The number of aromatic nitrogens is 1. The predicted octanol–water partition coefficient (Wildman–Crippen LogP) is 3.68. The summed E-state index contributed by atoms with van der Waals surface area (Å²) in [4.78, 5) is 7.99. The van der Waals surface area contributed by atoms with Gasteiger partial charge in [0.1, 0.15) is 17.6 Å². The third-order valence-electron chi connectivity index (χ3n) is 4.68. The van der Waals surface area contributed by atoms with Gasteiger partial charge in [0.05, 0.1) is 11.1 Å². The second-order valence-corrected chi connectivity index (χ2v) is 7.02. The summed E-state index contributed by atoms with van der Waals surface area (Å²) in [7, 11) is 0. The van der Waals surface area contributed by atoms with E-state index >= 15 is 0 Å². The molecule has 5 nitrogen and oxygen atoms in total. The van der Waals surface area contributed by atoms with Gasteiger partial charge in [-0.25, -0.2) is 14.4 Å². The van der Waals surface area contributed by atoms with Crippen molar-refractivity contribution in [3.8, 4) is 17.9 Å². The zero-order chi connectivity index (χ0) is 22.1. The van der Waals surface area contributed by atoms with Crippen molar-refractivity contribution < 1.29 is 22.3 Å². The molecule has 0 saturated carbocycles. The maximum absolute atomic E-state index is 14.7. The van der Waals surface area contributed by atoms with Gasteiger partial charge in [0.2, 0.25) is 0 Å². The standard InChI is InChI=1S/C21H16F4N4O/c1-12-7-17(22)16(20(2)9-18(21(23,24)25)30-19(27)29-20)8-14(12)4-6-15-5-3-13(10-26)11-28-15/h3,5,7-8,11,18H,9H2,1-2H3,(H2,27,29)/t18-,20-/m0/s1. The Balaban J connectivity index is 2.02. The number of ether oxygens (including phenoxy) is 1. The molecule has 1 aliphatic heterocycles. The van der Waals surface area contributed by atoms with Crippen LogP contribution in [0.25, 0.3) is 0 Å². The first-order valence-corrected chi connectivity index (χ1v) is 8.79. The van der Waals surface area contributed by atoms with E-state index in [1.807, 2.05) is 6.07 Å². The highest BCUT2D eigenvalue weighted by Gasteiger charge is 2.50. The highest BCUT2D eigenvalue weighted by atomic mass is 19.4. The number of alkyl halides is 3. The lowest BCUT2D eigenvalue weighted by Crippen LogP contribution is -2.46. The Kier molecular flexibility index (Phi) is 5.41. The summed E-state index contributed by atoms with van der Waals surface area (Å²) in [5.41, 5.74) is 5.48. The normalized spacial score (nSPS) is 21.0. The fourth-order valence-corrected chi connectivity index (χ4v) is 3.10. The molecular formula is C21H16F4N4O. The highest BCUT2D eigenvalue weighted by molar-refractivity contribution is 5.73. The van der Waals surface area contributed by atoms with Gasteiger partial charge in [-0.15, -0.1) is 0 Å². The van der Waals surface area contributed by atoms with Crippen molar-refractivity contribution >= 4 is 6.02 Å². The fourth-order valence-electron chi connectivity index (χ4n) is 3.10. The van der Waals surface area contributed by atoms with Crippen molar-refractivity contribution in [2.45, 2.75) is 38.1 Å². The van der Waals surface area contributed by atoms with Crippen molar-refractivity contribution in [2.75, 3.05) is 0 Å². The first kappa shape index (κ1) is 21.1. The number of nitrogens with zero attached hydrogens (tertiary/aromatic N) is 3. The summed E-state index contributed by atoms with van der Waals surface area (Å²) in [5, 5.41) is 8.80. The third-order valence-corrected chi connectivity index (χ3v) is 4.68. The van der Waals surface area contributed by atoms with E-state index in [2.05, 4.69) is 26.6 Å². The molecule has 2 N–H and O–H groups in total. The molecule has 9 heteroatoms. The largest absolute Gasteiger partial charge is 0.452 e. The van der Waals surface area contributed by atoms with Gasteiger partial charge in [-0.2, -0.15) is 18.4 Å². The van der Waals surface area contributed by atoms with Crippen molar-refractivity contribution in [3.05, 3.63) is 64.2 Å². The van der Waals surface area contributed by atoms with E-state index in [4.69, 9.17) is 11.0 Å². The first-order chi connectivity index (χ1) is 14.0. The molecule has 0 unspecified atom stereocenters. The Morgan fingerprint density at radius 2 is 2.00 bits per heavy atom. The smallest absolute Gasteiger partial charge is 0.425 e. The number of aryl methyl sites for hydroxylation is 1. The summed E-state index contributed by atoms with van der Waals surface area (Å²) in [6.07, 6.45) is -6.13. The van der Waals surface area contributed by atoms with Gasteiger partial charge in [-0.05, 0) is 49.6 Å². The molecule has 30 heavy (non-hydrogen) atoms. The molecule has 2 heterocycles. The molecule has 3 rings (SSSR count). The third kappa shape index (κ3) is 4.36. The van der Waals surface area contributed by atoms with E-state index < -0.39 is 36.1 Å². The first-order valence-electron chi connectivity index (χ1n) is 8.79. The molecule has 0 bridgehead atoms. The fraction of sp³-hybridized carbons (Fsp3) is 0.286. The number of aliphatic imine (C=N–C) groups is 1. The van der Waals surface area contributed by atoms with E-state index in [1.165, 1.54) is 25.3 Å². The van der Waals surface area contributed by atoms with Crippen LogP contribution >= 0.6 is 0 Å². The molecule has 1 aromatic heterocycles. The van der Waals surface area contributed by atoms with Crippen LogP contribution in [-0.4, -0.2) is 23.3 Å². The van der Waals surface area contributed by atoms with Crippen molar-refractivity contribution in [1.29, 1.82) is 5.26 Å². The SMILES string of the molecule is Cc1cc(F)c([C@]2(C)C[C@@H](C(F)(F)F)OC(N)=N2)cc1C#Cc1ccc(C#N)cn1. The molecule has 2 atom stereocenters. The maximum Gasteiger partial charge on any atom is 0.425 e. The zero-order valence-corrected chi connectivity index (χ0v) is 16.0. The van der Waals surface area contributed by atoms with E-state index in [-0.39, 0.29) is 5.56 Å². The van der Waals surface area contributed by atoms with Gasteiger partial charge < -0.3 is 10.5 Å². The van der Waals surface area contributed by atoms with Crippen LogP contribution in [0.2, 0.25) is 0 Å². The van der Waals surface area contributed by atoms with Crippen LogP contribution in [0.4, 0.5) is 17.6 Å². The summed E-state index contributed by atoms with van der Waals surface area (Å²) in [5.74, 6) is 4.94. The number of amidine groups is 1. The molecule has 0 fully saturated rings. The molecule has 0 saturated heterocycles. The Morgan fingerprint density at radius 3 is 2.60 bits per heavy atom. The second-order valence-electron chi connectivity index (χ2n) is 7.02. The maximum atomic E-state index is 14.7. The van der Waals surface area contributed by atoms with E-state index in [0.717, 1.165) is 0 Å². The Labute approximate surface area is 170 Å². The number of halogens is 4. The van der Waals surface area contributed by atoms with Crippen LogP contribution in [0, 0.1) is 35.9 Å². The number of hydrogen-bond donors (Lipinski definition) is 1. The zero-order valence-electron chi connectivity index (χ0n) is 16.0. The molecule has 1 aromatic carbocycles. The predicted molar refractivity (Wildman–Crippen MR) is 101 cm³/mol. The van der Waals surface area contributed by atoms with Gasteiger partial charge in [0.25, 0.3) is 6.02 Å². The quantitative estimate of drug-likeness (QED) is 0.568. The summed E-state index contributed by atoms with van der Waals surface area (Å²) >= 11 is 0. The van der Waals surface area contributed by atoms with Crippen LogP contribution in [0.5, 0.6) is 0 Å². The van der Waals surface area contributed by atoms with Crippen molar-refractivity contribution in [1.82, 2.24) is 4.98 Å². The summed E-state index contributed by atoms with van der Waals surface area (Å²) in [6, 6.07) is 6.97. The van der Waals surface area contributed by atoms with E-state index in [1.54, 1.807) is 19.1 Å². The van der Waals surface area contributed by atoms with Gasteiger partial charge in [-0.3, -0.25) is 0 Å². The monoisotopic (exact) mass is 416 g/mol. The lowest BCUT2D eigenvalue weighted by molar-refractivity contribution is -0.208. The van der Waals surface area contributed by atoms with Crippen LogP contribution in [0.1, 0.15) is 41.3 Å². The van der Waals surface area contributed by atoms with E-state index in [0.29, 0.717) is 22.4 Å². The minimum absolute atomic E-state index is 0.0642. The van der Waals surface area contributed by atoms with Crippen molar-refractivity contribution in [3.63, 3.8) is 0 Å². The van der Waals surface area contributed by atoms with Gasteiger partial charge in [0, 0.05) is 23.7 Å². The van der Waals surface area contributed by atoms with Crippen molar-refractivity contribution in [2.24, 2.45) is 10.7 Å². The van der Waals surface area contributed by atoms with E-state index in [9.17, 15) is 17.6 Å². The summed E-state index contributed by atoms with van der Waals surface area (Å²) in [6.45, 7) is 3.00. The van der Waals surface area contributed by atoms with Crippen LogP contribution < -0.4 is 5.73 Å². The highest BCUT2D eigenvalue weighted by Crippen LogP contribution is 2.41. The number of benzene rings is 1. The summed E-state index contributed by atoms with van der Waals surface area (Å²) < 4.78 is 58.9. The number of hydrogen-bond acceptors (Lipinski definition) is 5. The minimum atomic E-state index is -4.67. The molecule has 154 valence electrons. The molecule has 0 spiro atoms. The van der Waals surface area contributed by atoms with Crippen LogP contribution in [-0.2, 0) is 10.3 Å². The number of rotatable bonds is 1. The van der Waals surface area contributed by atoms with Crippen LogP contribution in [0.15, 0.2) is 35.5 Å². The lowest BCUT2D eigenvalue weighted by atomic mass is 9.84. The van der Waals surface area contributed by atoms with Gasteiger partial charge in [-0.1, -0.05) is 5.92 Å².